The first kappa shape index (κ1) is 12.0. The van der Waals surface area contributed by atoms with Gasteiger partial charge in [0.25, 0.3) is 0 Å². The predicted octanol–water partition coefficient (Wildman–Crippen LogP) is 1.74. The van der Waals surface area contributed by atoms with Crippen LogP contribution in [0.1, 0.15) is 19.3 Å². The second-order valence-corrected chi connectivity index (χ2v) is 4.03. The third kappa shape index (κ3) is 2.15. The van der Waals surface area contributed by atoms with Crippen LogP contribution in [0.5, 0.6) is 0 Å². The highest BCUT2D eigenvalue weighted by atomic mass is 35.5. The number of rotatable bonds is 4. The van der Waals surface area contributed by atoms with E-state index in [0.29, 0.717) is 12.8 Å². The Morgan fingerprint density at radius 2 is 2.13 bits per heavy atom. The van der Waals surface area contributed by atoms with Gasteiger partial charge in [-0.15, -0.1) is 11.6 Å². The molecule has 0 bridgehead atoms. The zero-order chi connectivity index (χ0) is 11.5. The number of carboxylic acids is 2. The second kappa shape index (κ2) is 4.66. The van der Waals surface area contributed by atoms with Crippen molar-refractivity contribution in [2.75, 3.05) is 5.88 Å². The van der Waals surface area contributed by atoms with Crippen LogP contribution in [-0.2, 0) is 9.59 Å². The summed E-state index contributed by atoms with van der Waals surface area (Å²) in [5.41, 5.74) is -1.33. The van der Waals surface area contributed by atoms with Gasteiger partial charge in [0.05, 0.1) is 5.92 Å². The van der Waals surface area contributed by atoms with Gasteiger partial charge in [0.2, 0.25) is 0 Å². The second-order valence-electron chi connectivity index (χ2n) is 3.66. The largest absolute Gasteiger partial charge is 0.481 e. The fourth-order valence-electron chi connectivity index (χ4n) is 2.02. The van der Waals surface area contributed by atoms with Gasteiger partial charge in [0, 0.05) is 5.88 Å². The van der Waals surface area contributed by atoms with E-state index in [1.54, 1.807) is 6.08 Å². The van der Waals surface area contributed by atoms with Crippen molar-refractivity contribution in [3.63, 3.8) is 0 Å². The number of carboxylic acid groups (broad SMARTS) is 2. The molecule has 1 aliphatic rings. The lowest BCUT2D eigenvalue weighted by Crippen LogP contribution is -2.43. The highest BCUT2D eigenvalue weighted by Crippen LogP contribution is 2.40. The summed E-state index contributed by atoms with van der Waals surface area (Å²) in [6, 6.07) is 0. The lowest BCUT2D eigenvalue weighted by Gasteiger charge is -2.34. The maximum Gasteiger partial charge on any atom is 0.314 e. The third-order valence-corrected chi connectivity index (χ3v) is 3.05. The zero-order valence-corrected chi connectivity index (χ0v) is 8.91. The molecule has 1 rings (SSSR count). The van der Waals surface area contributed by atoms with Gasteiger partial charge in [0.15, 0.2) is 0 Å². The molecule has 2 N–H and O–H groups in total. The number of aliphatic carboxylic acids is 2. The minimum Gasteiger partial charge on any atom is -0.481 e. The molecule has 0 amide bonds. The van der Waals surface area contributed by atoms with E-state index in [1.807, 2.05) is 0 Å². The molecule has 0 saturated carbocycles. The van der Waals surface area contributed by atoms with Crippen molar-refractivity contribution >= 4 is 23.5 Å². The number of halogens is 1. The molecule has 0 aromatic rings. The lowest BCUT2D eigenvalue weighted by molar-refractivity contribution is -0.160. The molecule has 0 radical (unpaired) electrons. The molecule has 0 heterocycles. The Labute approximate surface area is 92.5 Å². The minimum absolute atomic E-state index is 0.139. The highest BCUT2D eigenvalue weighted by Gasteiger charge is 2.48. The van der Waals surface area contributed by atoms with Crippen LogP contribution in [0.3, 0.4) is 0 Å². The molecule has 0 spiro atoms. The molecule has 1 aliphatic carbocycles. The topological polar surface area (TPSA) is 74.6 Å². The van der Waals surface area contributed by atoms with E-state index in [9.17, 15) is 9.59 Å². The molecule has 2 atom stereocenters. The maximum atomic E-state index is 11.2. The fourth-order valence-corrected chi connectivity index (χ4v) is 2.33. The summed E-state index contributed by atoms with van der Waals surface area (Å²) in [5.74, 6) is -2.91. The third-order valence-electron chi connectivity index (χ3n) is 2.86. The standard InChI is InChI=1S/C10H13ClO4/c11-6-5-10(9(14)15)4-2-1-3-7(10)8(12)13/h2,4,7H,1,3,5-6H2,(H,12,13)(H,14,15). The highest BCUT2D eigenvalue weighted by molar-refractivity contribution is 6.18. The summed E-state index contributed by atoms with van der Waals surface area (Å²) in [6.07, 6.45) is 4.32. The van der Waals surface area contributed by atoms with Crippen molar-refractivity contribution in [2.24, 2.45) is 11.3 Å². The zero-order valence-electron chi connectivity index (χ0n) is 8.15. The van der Waals surface area contributed by atoms with Gasteiger partial charge in [-0.05, 0) is 19.3 Å². The van der Waals surface area contributed by atoms with Crippen LogP contribution in [0.15, 0.2) is 12.2 Å². The normalized spacial score (nSPS) is 30.1. The molecule has 15 heavy (non-hydrogen) atoms. The summed E-state index contributed by atoms with van der Waals surface area (Å²) in [4.78, 5) is 22.2. The SMILES string of the molecule is O=C(O)C1CCC=CC1(CCCl)C(=O)O. The Kier molecular flexibility index (Phi) is 3.74. The Hall–Kier alpha value is -1.03. The number of allylic oxidation sites excluding steroid dienone is 1. The molecular formula is C10H13ClO4. The number of hydrogen-bond acceptors (Lipinski definition) is 2. The molecule has 0 aromatic carbocycles. The van der Waals surface area contributed by atoms with Crippen LogP contribution in [0.4, 0.5) is 0 Å². The summed E-state index contributed by atoms with van der Waals surface area (Å²) in [7, 11) is 0. The van der Waals surface area contributed by atoms with E-state index in [4.69, 9.17) is 21.8 Å². The van der Waals surface area contributed by atoms with E-state index >= 15 is 0 Å². The molecule has 0 fully saturated rings. The number of carbonyl (C=O) groups is 2. The number of alkyl halides is 1. The summed E-state index contributed by atoms with van der Waals surface area (Å²) in [6.45, 7) is 0. The Morgan fingerprint density at radius 1 is 1.47 bits per heavy atom. The van der Waals surface area contributed by atoms with Gasteiger partial charge < -0.3 is 10.2 Å². The first-order valence-electron chi connectivity index (χ1n) is 4.74. The number of hydrogen-bond donors (Lipinski definition) is 2. The van der Waals surface area contributed by atoms with Gasteiger partial charge in [-0.2, -0.15) is 0 Å². The molecule has 5 heteroatoms. The summed E-state index contributed by atoms with van der Waals surface area (Å²) in [5, 5.41) is 18.2. The summed E-state index contributed by atoms with van der Waals surface area (Å²) >= 11 is 5.55. The molecule has 84 valence electrons. The van der Waals surface area contributed by atoms with Crippen LogP contribution < -0.4 is 0 Å². The van der Waals surface area contributed by atoms with Crippen molar-refractivity contribution < 1.29 is 19.8 Å². The van der Waals surface area contributed by atoms with E-state index < -0.39 is 23.3 Å². The van der Waals surface area contributed by atoms with Gasteiger partial charge in [0.1, 0.15) is 5.41 Å². The van der Waals surface area contributed by atoms with Crippen molar-refractivity contribution in [3.05, 3.63) is 12.2 Å². The average Bonchev–Trinajstić information content (AvgIpc) is 2.18. The minimum atomic E-state index is -1.33. The Bertz CT molecular complexity index is 300. The molecule has 0 aliphatic heterocycles. The van der Waals surface area contributed by atoms with Crippen molar-refractivity contribution in [1.82, 2.24) is 0 Å². The maximum absolute atomic E-state index is 11.2. The first-order valence-corrected chi connectivity index (χ1v) is 5.28. The average molecular weight is 233 g/mol. The van der Waals surface area contributed by atoms with E-state index in [-0.39, 0.29) is 12.3 Å². The monoisotopic (exact) mass is 232 g/mol. The van der Waals surface area contributed by atoms with Crippen LogP contribution in [0.25, 0.3) is 0 Å². The van der Waals surface area contributed by atoms with Gasteiger partial charge in [-0.3, -0.25) is 9.59 Å². The molecule has 2 unspecified atom stereocenters. The van der Waals surface area contributed by atoms with E-state index in [2.05, 4.69) is 0 Å². The smallest absolute Gasteiger partial charge is 0.314 e. The van der Waals surface area contributed by atoms with Crippen molar-refractivity contribution in [2.45, 2.75) is 19.3 Å². The van der Waals surface area contributed by atoms with Crippen molar-refractivity contribution in [3.8, 4) is 0 Å². The lowest BCUT2D eigenvalue weighted by atomic mass is 9.68. The van der Waals surface area contributed by atoms with E-state index in [0.717, 1.165) is 0 Å². The molecule has 4 nitrogen and oxygen atoms in total. The van der Waals surface area contributed by atoms with E-state index in [1.165, 1.54) is 6.08 Å². The Morgan fingerprint density at radius 3 is 2.60 bits per heavy atom. The molecular weight excluding hydrogens is 220 g/mol. The molecule has 0 aromatic heterocycles. The quantitative estimate of drug-likeness (QED) is 0.572. The van der Waals surface area contributed by atoms with Gasteiger partial charge in [-0.25, -0.2) is 0 Å². The van der Waals surface area contributed by atoms with Crippen LogP contribution in [0, 0.1) is 11.3 Å². The fraction of sp³-hybridized carbons (Fsp3) is 0.600. The Balaban J connectivity index is 3.09. The predicted molar refractivity (Wildman–Crippen MR) is 54.9 cm³/mol. The van der Waals surface area contributed by atoms with Crippen molar-refractivity contribution in [1.29, 1.82) is 0 Å². The summed E-state index contributed by atoms with van der Waals surface area (Å²) < 4.78 is 0. The van der Waals surface area contributed by atoms with Gasteiger partial charge in [-0.1, -0.05) is 12.2 Å². The van der Waals surface area contributed by atoms with Gasteiger partial charge >= 0.3 is 11.9 Å². The van der Waals surface area contributed by atoms with Crippen LogP contribution >= 0.6 is 11.6 Å². The molecule has 0 saturated heterocycles. The van der Waals surface area contributed by atoms with Crippen LogP contribution in [-0.4, -0.2) is 28.0 Å². The first-order chi connectivity index (χ1) is 7.04. The van der Waals surface area contributed by atoms with Crippen LogP contribution in [0.2, 0.25) is 0 Å².